The number of anilines is 1. The monoisotopic (exact) mass is 454 g/mol. The number of nitrogens with two attached hydrogens (primary N) is 1. The van der Waals surface area contributed by atoms with Crippen LogP contribution in [0.3, 0.4) is 0 Å². The maximum atomic E-state index is 11.4. The van der Waals surface area contributed by atoms with Gasteiger partial charge in [-0.25, -0.2) is 4.98 Å². The summed E-state index contributed by atoms with van der Waals surface area (Å²) < 4.78 is 16.8. The van der Waals surface area contributed by atoms with E-state index >= 15 is 0 Å². The van der Waals surface area contributed by atoms with Crippen molar-refractivity contribution >= 4 is 17.9 Å². The Morgan fingerprint density at radius 2 is 1.85 bits per heavy atom. The third-order valence-electron chi connectivity index (χ3n) is 5.49. The van der Waals surface area contributed by atoms with Crippen molar-refractivity contribution in [3.8, 4) is 5.88 Å². The maximum absolute atomic E-state index is 11.4. The molecule has 10 heteroatoms. The smallest absolute Gasteiger partial charge is 0.248 e. The molecule has 33 heavy (non-hydrogen) atoms. The molecule has 0 bridgehead atoms. The molecule has 1 aromatic heterocycles. The quantitative estimate of drug-likeness (QED) is 0.552. The van der Waals surface area contributed by atoms with Crippen LogP contribution in [0.1, 0.15) is 21.7 Å². The summed E-state index contributed by atoms with van der Waals surface area (Å²) in [4.78, 5) is 29.5. The molecular weight excluding hydrogens is 424 g/mol. The molecule has 0 unspecified atom stereocenters. The van der Waals surface area contributed by atoms with E-state index in [0.29, 0.717) is 43.6 Å². The molecule has 2 saturated heterocycles. The molecule has 1 amide bonds. The Hall–Kier alpha value is -3.08. The van der Waals surface area contributed by atoms with Crippen LogP contribution in [0.2, 0.25) is 0 Å². The Labute approximate surface area is 193 Å². The molecule has 176 valence electrons. The molecule has 1 aromatic carbocycles. The fourth-order valence-electron chi connectivity index (χ4n) is 3.68. The van der Waals surface area contributed by atoms with Crippen molar-refractivity contribution in [1.29, 1.82) is 0 Å². The van der Waals surface area contributed by atoms with Crippen molar-refractivity contribution in [3.63, 3.8) is 0 Å². The van der Waals surface area contributed by atoms with Gasteiger partial charge in [-0.2, -0.15) is 4.98 Å². The number of aromatic nitrogens is 2. The van der Waals surface area contributed by atoms with Crippen molar-refractivity contribution in [2.45, 2.75) is 6.54 Å². The summed E-state index contributed by atoms with van der Waals surface area (Å²) in [7, 11) is 0. The first-order valence-electron chi connectivity index (χ1n) is 11.2. The lowest BCUT2D eigenvalue weighted by molar-refractivity contribution is 0.0320. The lowest BCUT2D eigenvalue weighted by Gasteiger charge is -2.28. The number of hydrogen-bond donors (Lipinski definition) is 1. The first-order chi connectivity index (χ1) is 16.2. The molecule has 0 aliphatic carbocycles. The minimum absolute atomic E-state index is 0.388. The average Bonchev–Trinajstić information content (AvgIpc) is 2.85. The van der Waals surface area contributed by atoms with Gasteiger partial charge in [0, 0.05) is 44.4 Å². The van der Waals surface area contributed by atoms with Crippen molar-refractivity contribution in [2.24, 2.45) is 10.7 Å². The van der Waals surface area contributed by atoms with Gasteiger partial charge in [0.15, 0.2) is 5.82 Å². The zero-order valence-electron chi connectivity index (χ0n) is 18.7. The maximum Gasteiger partial charge on any atom is 0.248 e. The van der Waals surface area contributed by atoms with Crippen molar-refractivity contribution in [1.82, 2.24) is 14.9 Å². The summed E-state index contributed by atoms with van der Waals surface area (Å²) in [6.07, 6.45) is 1.63. The summed E-state index contributed by atoms with van der Waals surface area (Å²) in [5.74, 6) is 1.34. The highest BCUT2D eigenvalue weighted by atomic mass is 16.5. The van der Waals surface area contributed by atoms with Gasteiger partial charge in [0.1, 0.15) is 12.4 Å². The molecular formula is C23H30N6O4. The normalized spacial score (nSPS) is 17.4. The van der Waals surface area contributed by atoms with Gasteiger partial charge in [-0.3, -0.25) is 14.7 Å². The number of rotatable bonds is 9. The van der Waals surface area contributed by atoms with Gasteiger partial charge in [-0.05, 0) is 17.7 Å². The van der Waals surface area contributed by atoms with Crippen LogP contribution in [0.25, 0.3) is 0 Å². The Kier molecular flexibility index (Phi) is 8.18. The van der Waals surface area contributed by atoms with Crippen LogP contribution in [0.5, 0.6) is 5.88 Å². The van der Waals surface area contributed by atoms with Crippen molar-refractivity contribution < 1.29 is 19.0 Å². The number of amides is 1. The van der Waals surface area contributed by atoms with Crippen LogP contribution in [-0.4, -0.2) is 92.7 Å². The third-order valence-corrected chi connectivity index (χ3v) is 5.49. The molecule has 2 aliphatic heterocycles. The molecule has 2 aliphatic rings. The second-order valence-electron chi connectivity index (χ2n) is 7.86. The number of carbonyl (C=O) groups is 1. The first kappa shape index (κ1) is 23.1. The number of benzene rings is 1. The molecule has 4 rings (SSSR count). The Morgan fingerprint density at radius 3 is 2.61 bits per heavy atom. The van der Waals surface area contributed by atoms with Gasteiger partial charge < -0.3 is 24.8 Å². The zero-order chi connectivity index (χ0) is 22.9. The predicted octanol–water partition coefficient (Wildman–Crippen LogP) is 0.742. The molecule has 0 saturated carbocycles. The number of nitrogens with zero attached hydrogens (tertiary/aromatic N) is 5. The Morgan fingerprint density at radius 1 is 1.09 bits per heavy atom. The summed E-state index contributed by atoms with van der Waals surface area (Å²) >= 11 is 0. The van der Waals surface area contributed by atoms with Gasteiger partial charge in [0.25, 0.3) is 0 Å². The fraction of sp³-hybridized carbons (Fsp3) is 0.478. The number of ether oxygens (including phenoxy) is 3. The van der Waals surface area contributed by atoms with Gasteiger partial charge in [-0.1, -0.05) is 12.1 Å². The first-order valence-corrected chi connectivity index (χ1v) is 11.2. The SMILES string of the molecule is NC(=O)c1cccc(CN=Cc2nc(OCCN3CCOCC3)cc(N3CCOCC3)n2)c1. The van der Waals surface area contributed by atoms with Crippen molar-refractivity contribution in [2.75, 3.05) is 70.7 Å². The molecule has 2 fully saturated rings. The van der Waals surface area contributed by atoms with Crippen LogP contribution < -0.4 is 15.4 Å². The Balaban J connectivity index is 1.44. The lowest BCUT2D eigenvalue weighted by Crippen LogP contribution is -2.38. The summed E-state index contributed by atoms with van der Waals surface area (Å²) in [6, 6.07) is 8.99. The van der Waals surface area contributed by atoms with Gasteiger partial charge >= 0.3 is 0 Å². The van der Waals surface area contributed by atoms with E-state index in [1.54, 1.807) is 24.4 Å². The molecule has 0 radical (unpaired) electrons. The number of morpholine rings is 2. The standard InChI is InChI=1S/C23H30N6O4/c24-23(30)19-3-1-2-18(14-19)16-25-17-20-26-21(29-7-11-32-12-8-29)15-22(27-20)33-13-6-28-4-9-31-10-5-28/h1-3,14-15,17H,4-13,16H2,(H2,24,30). The Bertz CT molecular complexity index is 958. The minimum atomic E-state index is -0.457. The van der Waals surface area contributed by atoms with Crippen LogP contribution in [-0.2, 0) is 16.0 Å². The highest BCUT2D eigenvalue weighted by Gasteiger charge is 2.16. The van der Waals surface area contributed by atoms with Crippen molar-refractivity contribution in [3.05, 3.63) is 47.3 Å². The van der Waals surface area contributed by atoms with E-state index in [-0.39, 0.29) is 0 Å². The van der Waals surface area contributed by atoms with E-state index in [1.165, 1.54) is 0 Å². The number of aliphatic imine (C=N–C) groups is 1. The lowest BCUT2D eigenvalue weighted by atomic mass is 10.1. The topological polar surface area (TPSA) is 115 Å². The molecule has 3 heterocycles. The average molecular weight is 455 g/mol. The summed E-state index contributed by atoms with van der Waals surface area (Å²) in [5.41, 5.74) is 6.71. The largest absolute Gasteiger partial charge is 0.476 e. The summed E-state index contributed by atoms with van der Waals surface area (Å²) in [5, 5.41) is 0. The van der Waals surface area contributed by atoms with E-state index in [4.69, 9.17) is 19.9 Å². The highest BCUT2D eigenvalue weighted by Crippen LogP contribution is 2.19. The minimum Gasteiger partial charge on any atom is -0.476 e. The number of primary amides is 1. The van der Waals surface area contributed by atoms with Crippen LogP contribution in [0.15, 0.2) is 35.3 Å². The molecule has 0 spiro atoms. The second-order valence-corrected chi connectivity index (χ2v) is 7.86. The van der Waals surface area contributed by atoms with Gasteiger partial charge in [0.2, 0.25) is 11.8 Å². The molecule has 2 N–H and O–H groups in total. The van der Waals surface area contributed by atoms with Gasteiger partial charge in [-0.15, -0.1) is 0 Å². The van der Waals surface area contributed by atoms with E-state index in [9.17, 15) is 4.79 Å². The fourth-order valence-corrected chi connectivity index (χ4v) is 3.68. The van der Waals surface area contributed by atoms with Crippen LogP contribution in [0, 0.1) is 0 Å². The number of carbonyl (C=O) groups excluding carboxylic acids is 1. The summed E-state index contributed by atoms with van der Waals surface area (Å²) in [6.45, 7) is 7.96. The van der Waals surface area contributed by atoms with Crippen LogP contribution in [0.4, 0.5) is 5.82 Å². The predicted molar refractivity (Wildman–Crippen MR) is 124 cm³/mol. The highest BCUT2D eigenvalue weighted by molar-refractivity contribution is 5.92. The molecule has 10 nitrogen and oxygen atoms in total. The third kappa shape index (κ3) is 6.95. The number of hydrogen-bond acceptors (Lipinski definition) is 9. The van der Waals surface area contributed by atoms with E-state index in [2.05, 4.69) is 24.8 Å². The zero-order valence-corrected chi connectivity index (χ0v) is 18.7. The van der Waals surface area contributed by atoms with Gasteiger partial charge in [0.05, 0.1) is 39.2 Å². The molecule has 2 aromatic rings. The molecule has 0 atom stereocenters. The second kappa shape index (κ2) is 11.7. The van der Waals surface area contributed by atoms with E-state index < -0.39 is 5.91 Å². The van der Waals surface area contributed by atoms with Crippen LogP contribution >= 0.6 is 0 Å². The van der Waals surface area contributed by atoms with E-state index in [1.807, 2.05) is 12.1 Å². The van der Waals surface area contributed by atoms with E-state index in [0.717, 1.165) is 57.3 Å².